The highest BCUT2D eigenvalue weighted by Gasteiger charge is 2.13. The molecule has 0 fully saturated rings. The molecule has 37 heavy (non-hydrogen) atoms. The Kier molecular flexibility index (Phi) is 5.95. The van der Waals surface area contributed by atoms with E-state index in [4.69, 9.17) is 4.98 Å². The molecule has 0 unspecified atom stereocenters. The van der Waals surface area contributed by atoms with Crippen molar-refractivity contribution in [1.82, 2.24) is 4.98 Å². The molecule has 1 aromatic heterocycles. The second-order valence-corrected chi connectivity index (χ2v) is 9.39. The van der Waals surface area contributed by atoms with E-state index in [1.807, 2.05) is 24.4 Å². The van der Waals surface area contributed by atoms with Gasteiger partial charge in [-0.2, -0.15) is 0 Å². The maximum Gasteiger partial charge on any atom is 0.0722 e. The Morgan fingerprint density at radius 1 is 0.676 bits per heavy atom. The van der Waals surface area contributed by atoms with Gasteiger partial charge in [-0.1, -0.05) is 84.9 Å². The zero-order valence-corrected chi connectivity index (χ0v) is 21.0. The van der Waals surface area contributed by atoms with Gasteiger partial charge in [-0.05, 0) is 63.9 Å². The number of anilines is 1. The molecule has 0 aliphatic rings. The van der Waals surface area contributed by atoms with Crippen LogP contribution in [-0.4, -0.2) is 25.3 Å². The third-order valence-electron chi connectivity index (χ3n) is 6.72. The quantitative estimate of drug-likeness (QED) is 0.184. The summed E-state index contributed by atoms with van der Waals surface area (Å²) in [6.45, 7) is 0. The van der Waals surface area contributed by atoms with Crippen LogP contribution in [0.15, 0.2) is 126 Å². The lowest BCUT2D eigenvalue weighted by molar-refractivity contribution is 1.13. The van der Waals surface area contributed by atoms with Gasteiger partial charge >= 0.3 is 0 Å². The molecule has 0 atom stereocenters. The Morgan fingerprint density at radius 3 is 2.14 bits per heavy atom. The number of aromatic nitrogens is 1. The van der Waals surface area contributed by atoms with Crippen molar-refractivity contribution in [2.45, 2.75) is 0 Å². The van der Waals surface area contributed by atoms with Gasteiger partial charge in [0, 0.05) is 36.9 Å². The second kappa shape index (κ2) is 9.71. The van der Waals surface area contributed by atoms with Crippen molar-refractivity contribution in [3.63, 3.8) is 0 Å². The summed E-state index contributed by atoms with van der Waals surface area (Å²) >= 11 is 0. The van der Waals surface area contributed by atoms with Crippen molar-refractivity contribution in [3.05, 3.63) is 127 Å². The molecule has 6 rings (SSSR count). The molecule has 0 saturated heterocycles. The summed E-state index contributed by atoms with van der Waals surface area (Å²) in [5.74, 6) is 0. The molecule has 0 aliphatic heterocycles. The molecule has 0 aliphatic carbocycles. The normalized spacial score (nSPS) is 11.4. The van der Waals surface area contributed by atoms with Gasteiger partial charge in [-0.15, -0.1) is 0 Å². The maximum absolute atomic E-state index is 5.10. The van der Waals surface area contributed by atoms with Gasteiger partial charge in [0.15, 0.2) is 0 Å². The average Bonchev–Trinajstić information content (AvgIpc) is 2.96. The minimum atomic E-state index is 0.926. The number of nitrogens with zero attached hydrogens (tertiary/aromatic N) is 3. The lowest BCUT2D eigenvalue weighted by Gasteiger charge is -2.15. The highest BCUT2D eigenvalue weighted by molar-refractivity contribution is 6.13. The molecule has 3 nitrogen and oxygen atoms in total. The van der Waals surface area contributed by atoms with Crippen molar-refractivity contribution in [2.24, 2.45) is 4.99 Å². The predicted molar refractivity (Wildman–Crippen MR) is 158 cm³/mol. The Balaban J connectivity index is 1.48. The number of aliphatic imine (C=N–C) groups is 1. The van der Waals surface area contributed by atoms with E-state index in [2.05, 4.69) is 127 Å². The molecule has 0 radical (unpaired) electrons. The molecule has 178 valence electrons. The highest BCUT2D eigenvalue weighted by Crippen LogP contribution is 2.37. The number of hydrogen-bond donors (Lipinski definition) is 0. The number of benzene rings is 5. The summed E-state index contributed by atoms with van der Waals surface area (Å²) in [7, 11) is 4.11. The Labute approximate surface area is 217 Å². The average molecular weight is 478 g/mol. The summed E-state index contributed by atoms with van der Waals surface area (Å²) in [4.78, 5) is 11.9. The van der Waals surface area contributed by atoms with Crippen LogP contribution in [0.4, 0.5) is 11.4 Å². The molecular weight excluding hydrogens is 450 g/mol. The van der Waals surface area contributed by atoms with Crippen LogP contribution in [0.25, 0.3) is 44.1 Å². The van der Waals surface area contributed by atoms with Crippen LogP contribution >= 0.6 is 0 Å². The van der Waals surface area contributed by atoms with Gasteiger partial charge in [0.2, 0.25) is 0 Å². The summed E-state index contributed by atoms with van der Waals surface area (Å²) in [6.07, 6.45) is 1.90. The fourth-order valence-corrected chi connectivity index (χ4v) is 4.73. The van der Waals surface area contributed by atoms with Gasteiger partial charge in [-0.25, -0.2) is 4.98 Å². The monoisotopic (exact) mass is 477 g/mol. The highest BCUT2D eigenvalue weighted by atomic mass is 15.1. The lowest BCUT2D eigenvalue weighted by Crippen LogP contribution is -2.07. The van der Waals surface area contributed by atoms with E-state index in [0.29, 0.717) is 0 Å². The van der Waals surface area contributed by atoms with E-state index in [1.165, 1.54) is 27.4 Å². The maximum atomic E-state index is 5.10. The van der Waals surface area contributed by atoms with Gasteiger partial charge in [-0.3, -0.25) is 4.99 Å². The van der Waals surface area contributed by atoms with E-state index in [9.17, 15) is 0 Å². The fraction of sp³-hybridized carbons (Fsp3) is 0.0588. The molecule has 0 N–H and O–H groups in total. The van der Waals surface area contributed by atoms with E-state index in [0.717, 1.165) is 33.6 Å². The standard InChI is InChI=1S/C34H27N3/c1-37(2)29-19-14-27(15-20-29)33-22-31(34-30-11-7-6-10-25(30)16-21-32(34)36-33)26-12-17-28(18-13-26)35-23-24-8-4-3-5-9-24/h3-23H,1-2H3. The van der Waals surface area contributed by atoms with Gasteiger partial charge in [0.25, 0.3) is 0 Å². The Morgan fingerprint density at radius 2 is 1.38 bits per heavy atom. The first-order valence-corrected chi connectivity index (χ1v) is 12.5. The largest absolute Gasteiger partial charge is 0.378 e. The number of pyridine rings is 1. The van der Waals surface area contributed by atoms with Crippen molar-refractivity contribution >= 4 is 39.3 Å². The molecule has 1 heterocycles. The van der Waals surface area contributed by atoms with Gasteiger partial charge in [0.1, 0.15) is 0 Å². The van der Waals surface area contributed by atoms with Crippen molar-refractivity contribution in [1.29, 1.82) is 0 Å². The van der Waals surface area contributed by atoms with E-state index in [1.54, 1.807) is 0 Å². The summed E-state index contributed by atoms with van der Waals surface area (Å²) < 4.78 is 0. The molecule has 5 aromatic carbocycles. The predicted octanol–water partition coefficient (Wildman–Crippen LogP) is 8.54. The van der Waals surface area contributed by atoms with E-state index >= 15 is 0 Å². The zero-order chi connectivity index (χ0) is 25.2. The van der Waals surface area contributed by atoms with Crippen LogP contribution < -0.4 is 4.90 Å². The zero-order valence-electron chi connectivity index (χ0n) is 21.0. The van der Waals surface area contributed by atoms with Crippen LogP contribution in [-0.2, 0) is 0 Å². The van der Waals surface area contributed by atoms with Crippen molar-refractivity contribution in [2.75, 3.05) is 19.0 Å². The smallest absolute Gasteiger partial charge is 0.0722 e. The van der Waals surface area contributed by atoms with Gasteiger partial charge in [0.05, 0.1) is 16.9 Å². The first kappa shape index (κ1) is 22.7. The molecule has 0 bridgehead atoms. The number of fused-ring (bicyclic) bond motifs is 3. The Bertz CT molecular complexity index is 1720. The van der Waals surface area contributed by atoms with Crippen molar-refractivity contribution < 1.29 is 0 Å². The number of rotatable bonds is 5. The topological polar surface area (TPSA) is 28.5 Å². The molecule has 0 saturated carbocycles. The first-order chi connectivity index (χ1) is 18.2. The molecule has 3 heteroatoms. The Hall–Kier alpha value is -4.76. The third-order valence-corrected chi connectivity index (χ3v) is 6.72. The van der Waals surface area contributed by atoms with Crippen molar-refractivity contribution in [3.8, 4) is 22.4 Å². The minimum absolute atomic E-state index is 0.926. The summed E-state index contributed by atoms with van der Waals surface area (Å²) in [5, 5.41) is 3.60. The SMILES string of the molecule is CN(C)c1ccc(-c2cc(-c3ccc(N=Cc4ccccc4)cc3)c3c(ccc4ccccc43)n2)cc1. The molecule has 0 amide bonds. The molecule has 0 spiro atoms. The van der Waals surface area contributed by atoms with E-state index < -0.39 is 0 Å². The first-order valence-electron chi connectivity index (χ1n) is 12.5. The summed E-state index contributed by atoms with van der Waals surface area (Å²) in [6, 6.07) is 42.3. The van der Waals surface area contributed by atoms with Crippen LogP contribution in [0.1, 0.15) is 5.56 Å². The lowest BCUT2D eigenvalue weighted by atomic mass is 9.94. The van der Waals surface area contributed by atoms with Crippen LogP contribution in [0.3, 0.4) is 0 Å². The molecule has 6 aromatic rings. The fourth-order valence-electron chi connectivity index (χ4n) is 4.73. The summed E-state index contributed by atoms with van der Waals surface area (Å²) in [5.41, 5.74) is 8.57. The minimum Gasteiger partial charge on any atom is -0.378 e. The molecular formula is C34H27N3. The van der Waals surface area contributed by atoms with Crippen LogP contribution in [0.2, 0.25) is 0 Å². The second-order valence-electron chi connectivity index (χ2n) is 9.39. The number of hydrogen-bond acceptors (Lipinski definition) is 3. The van der Waals surface area contributed by atoms with E-state index in [-0.39, 0.29) is 0 Å². The van der Waals surface area contributed by atoms with Crippen LogP contribution in [0.5, 0.6) is 0 Å². The van der Waals surface area contributed by atoms with Crippen LogP contribution in [0, 0.1) is 0 Å². The third kappa shape index (κ3) is 4.60. The van der Waals surface area contributed by atoms with Gasteiger partial charge < -0.3 is 4.90 Å².